The van der Waals surface area contributed by atoms with Gasteiger partial charge in [-0.15, -0.1) is 0 Å². The number of carbonyl (C=O) groups excluding carboxylic acids is 2. The molecule has 7 nitrogen and oxygen atoms in total. The second kappa shape index (κ2) is 6.32. The predicted molar refractivity (Wildman–Crippen MR) is 73.6 cm³/mol. The fourth-order valence-corrected chi connectivity index (χ4v) is 3.19. The average molecular weight is 298 g/mol. The Morgan fingerprint density at radius 2 is 1.71 bits per heavy atom. The number of aliphatic carboxylic acids is 1. The zero-order chi connectivity index (χ0) is 15.6. The first-order chi connectivity index (χ1) is 9.95. The van der Waals surface area contributed by atoms with E-state index in [0.29, 0.717) is 38.9 Å². The first kappa shape index (κ1) is 15.6. The molecule has 2 fully saturated rings. The van der Waals surface area contributed by atoms with E-state index in [4.69, 9.17) is 4.74 Å². The number of nitrogens with zero attached hydrogens (tertiary/aromatic N) is 2. The summed E-state index contributed by atoms with van der Waals surface area (Å²) in [4.78, 5) is 38.4. The molecule has 0 aromatic carbocycles. The molecule has 0 aromatic rings. The first-order valence-corrected chi connectivity index (χ1v) is 7.32. The van der Waals surface area contributed by atoms with E-state index >= 15 is 0 Å². The smallest absolute Gasteiger partial charge is 0.326 e. The van der Waals surface area contributed by atoms with Crippen LogP contribution in [0.15, 0.2) is 0 Å². The van der Waals surface area contributed by atoms with Gasteiger partial charge in [0.15, 0.2) is 0 Å². The Bertz CT molecular complexity index is 431. The van der Waals surface area contributed by atoms with E-state index in [1.54, 1.807) is 4.90 Å². The van der Waals surface area contributed by atoms with Gasteiger partial charge < -0.3 is 19.6 Å². The molecule has 2 aliphatic heterocycles. The molecule has 0 bridgehead atoms. The Kier molecular flexibility index (Phi) is 4.69. The number of urea groups is 1. The number of carboxylic acids is 1. The van der Waals surface area contributed by atoms with Crippen molar-refractivity contribution < 1.29 is 24.2 Å². The summed E-state index contributed by atoms with van der Waals surface area (Å²) in [6.07, 6.45) is 1.85. The highest BCUT2D eigenvalue weighted by Crippen LogP contribution is 2.27. The third kappa shape index (κ3) is 3.11. The van der Waals surface area contributed by atoms with Crippen LogP contribution in [0.2, 0.25) is 0 Å². The maximum absolute atomic E-state index is 12.5. The van der Waals surface area contributed by atoms with Crippen LogP contribution in [0.5, 0.6) is 0 Å². The summed E-state index contributed by atoms with van der Waals surface area (Å²) in [5, 5.41) is 9.27. The quantitative estimate of drug-likeness (QED) is 0.761. The molecule has 118 valence electrons. The van der Waals surface area contributed by atoms with Crippen molar-refractivity contribution in [1.82, 2.24) is 9.80 Å². The highest BCUT2D eigenvalue weighted by atomic mass is 16.5. The van der Waals surface area contributed by atoms with Crippen molar-refractivity contribution in [1.29, 1.82) is 0 Å². The summed E-state index contributed by atoms with van der Waals surface area (Å²) in [5.41, 5.74) is 0. The minimum Gasteiger partial charge on any atom is -0.480 e. The fraction of sp³-hybridized carbons (Fsp3) is 0.786. The number of hydrogen-bond acceptors (Lipinski definition) is 4. The van der Waals surface area contributed by atoms with Gasteiger partial charge in [0, 0.05) is 19.6 Å². The number of piperidine rings is 1. The van der Waals surface area contributed by atoms with Gasteiger partial charge in [0.25, 0.3) is 0 Å². The van der Waals surface area contributed by atoms with Crippen LogP contribution in [0.25, 0.3) is 0 Å². The number of amides is 2. The highest BCUT2D eigenvalue weighted by molar-refractivity contribution is 5.84. The third-order valence-electron chi connectivity index (χ3n) is 4.50. The number of esters is 1. The molecule has 2 rings (SSSR count). The Labute approximate surface area is 123 Å². The average Bonchev–Trinajstić information content (AvgIpc) is 2.87. The standard InChI is InChI=1S/C14H22N2O5/c1-9-3-8-16(11(9)12(17)18)14(20)15-6-4-10(5-7-15)13(19)21-2/h9-11H,3-8H2,1-2H3,(H,17,18). The van der Waals surface area contributed by atoms with Gasteiger partial charge in [-0.25, -0.2) is 9.59 Å². The number of methoxy groups -OCH3 is 1. The van der Waals surface area contributed by atoms with Crippen molar-refractivity contribution >= 4 is 18.0 Å². The van der Waals surface area contributed by atoms with Crippen LogP contribution in [-0.4, -0.2) is 65.7 Å². The largest absolute Gasteiger partial charge is 0.480 e. The summed E-state index contributed by atoms with van der Waals surface area (Å²) in [6.45, 7) is 3.27. The lowest BCUT2D eigenvalue weighted by atomic mass is 9.97. The summed E-state index contributed by atoms with van der Waals surface area (Å²) < 4.78 is 4.72. The van der Waals surface area contributed by atoms with Gasteiger partial charge in [0.05, 0.1) is 13.0 Å². The predicted octanol–water partition coefficient (Wildman–Crippen LogP) is 0.786. The van der Waals surface area contributed by atoms with Crippen LogP contribution in [0.1, 0.15) is 26.2 Å². The number of carboxylic acid groups (broad SMARTS) is 1. The first-order valence-electron chi connectivity index (χ1n) is 7.32. The molecular weight excluding hydrogens is 276 g/mol. The lowest BCUT2D eigenvalue weighted by Crippen LogP contribution is -2.51. The second-order valence-electron chi connectivity index (χ2n) is 5.81. The van der Waals surface area contributed by atoms with Gasteiger partial charge in [0.1, 0.15) is 6.04 Å². The molecule has 0 spiro atoms. The normalized spacial score (nSPS) is 26.8. The fourth-order valence-electron chi connectivity index (χ4n) is 3.19. The van der Waals surface area contributed by atoms with Gasteiger partial charge in [-0.3, -0.25) is 4.79 Å². The molecule has 7 heteroatoms. The molecule has 2 unspecified atom stereocenters. The molecule has 2 atom stereocenters. The Morgan fingerprint density at radius 1 is 1.10 bits per heavy atom. The van der Waals surface area contributed by atoms with Crippen molar-refractivity contribution in [3.05, 3.63) is 0 Å². The Hall–Kier alpha value is -1.79. The molecule has 2 aliphatic rings. The molecule has 0 radical (unpaired) electrons. The van der Waals surface area contributed by atoms with Crippen molar-refractivity contribution in [3.63, 3.8) is 0 Å². The van der Waals surface area contributed by atoms with E-state index in [1.807, 2.05) is 6.92 Å². The Morgan fingerprint density at radius 3 is 2.24 bits per heavy atom. The van der Waals surface area contributed by atoms with Crippen LogP contribution in [0.3, 0.4) is 0 Å². The van der Waals surface area contributed by atoms with E-state index in [2.05, 4.69) is 0 Å². The van der Waals surface area contributed by atoms with E-state index < -0.39 is 12.0 Å². The maximum atomic E-state index is 12.5. The monoisotopic (exact) mass is 298 g/mol. The molecule has 0 aliphatic carbocycles. The SMILES string of the molecule is COC(=O)C1CCN(C(=O)N2CCC(C)C2C(=O)O)CC1. The molecule has 0 aromatic heterocycles. The summed E-state index contributed by atoms with van der Waals surface area (Å²) >= 11 is 0. The van der Waals surface area contributed by atoms with Gasteiger partial charge in [-0.1, -0.05) is 6.92 Å². The Balaban J connectivity index is 1.96. The molecule has 2 heterocycles. The van der Waals surface area contributed by atoms with Crippen molar-refractivity contribution in [2.24, 2.45) is 11.8 Å². The van der Waals surface area contributed by atoms with Crippen molar-refractivity contribution in [2.75, 3.05) is 26.7 Å². The van der Waals surface area contributed by atoms with Crippen LogP contribution >= 0.6 is 0 Å². The van der Waals surface area contributed by atoms with E-state index in [9.17, 15) is 19.5 Å². The molecular formula is C14H22N2O5. The van der Waals surface area contributed by atoms with Crippen LogP contribution in [0.4, 0.5) is 4.79 Å². The molecule has 2 amide bonds. The van der Waals surface area contributed by atoms with Crippen LogP contribution in [0, 0.1) is 11.8 Å². The lowest BCUT2D eigenvalue weighted by molar-refractivity contribution is -0.146. The highest BCUT2D eigenvalue weighted by Gasteiger charge is 2.41. The minimum atomic E-state index is -0.946. The topological polar surface area (TPSA) is 87.2 Å². The lowest BCUT2D eigenvalue weighted by Gasteiger charge is -2.35. The number of likely N-dealkylation sites (tertiary alicyclic amines) is 2. The van der Waals surface area contributed by atoms with Crippen LogP contribution < -0.4 is 0 Å². The summed E-state index contributed by atoms with van der Waals surface area (Å²) in [6, 6.07) is -0.967. The summed E-state index contributed by atoms with van der Waals surface area (Å²) in [7, 11) is 1.36. The van der Waals surface area contributed by atoms with Crippen molar-refractivity contribution in [3.8, 4) is 0 Å². The number of carbonyl (C=O) groups is 3. The number of rotatable bonds is 2. The van der Waals surface area contributed by atoms with Gasteiger partial charge in [-0.2, -0.15) is 0 Å². The maximum Gasteiger partial charge on any atom is 0.326 e. The zero-order valence-electron chi connectivity index (χ0n) is 12.4. The number of ether oxygens (including phenoxy) is 1. The second-order valence-corrected chi connectivity index (χ2v) is 5.81. The van der Waals surface area contributed by atoms with Gasteiger partial charge in [0.2, 0.25) is 0 Å². The van der Waals surface area contributed by atoms with Crippen LogP contribution in [-0.2, 0) is 14.3 Å². The van der Waals surface area contributed by atoms with E-state index in [0.717, 1.165) is 0 Å². The summed E-state index contributed by atoms with van der Waals surface area (Å²) in [5.74, 6) is -1.37. The van der Waals surface area contributed by atoms with Gasteiger partial charge >= 0.3 is 18.0 Å². The zero-order valence-corrected chi connectivity index (χ0v) is 12.4. The molecule has 1 N–H and O–H groups in total. The molecule has 21 heavy (non-hydrogen) atoms. The van der Waals surface area contributed by atoms with E-state index in [-0.39, 0.29) is 23.8 Å². The van der Waals surface area contributed by atoms with E-state index in [1.165, 1.54) is 12.0 Å². The third-order valence-corrected chi connectivity index (χ3v) is 4.50. The molecule has 0 saturated carbocycles. The minimum absolute atomic E-state index is 0.0286. The van der Waals surface area contributed by atoms with Crippen molar-refractivity contribution in [2.45, 2.75) is 32.2 Å². The van der Waals surface area contributed by atoms with Gasteiger partial charge in [-0.05, 0) is 25.2 Å². The number of hydrogen-bond donors (Lipinski definition) is 1. The molecule has 2 saturated heterocycles.